The van der Waals surface area contributed by atoms with Crippen LogP contribution in [0.2, 0.25) is 0 Å². The Bertz CT molecular complexity index is 400. The van der Waals surface area contributed by atoms with Gasteiger partial charge in [0.1, 0.15) is 4.60 Å². The van der Waals surface area contributed by atoms with E-state index in [0.717, 1.165) is 0 Å². The number of carbonyl (C=O) groups is 1. The molecule has 0 amide bonds. The zero-order chi connectivity index (χ0) is 11.6. The number of esters is 1. The van der Waals surface area contributed by atoms with Crippen LogP contribution >= 0.6 is 38.5 Å². The van der Waals surface area contributed by atoms with Crippen LogP contribution in [0, 0.1) is 3.57 Å². The SMILES string of the molecule is COC(=O)c1nc(Br)c(C(F)F)cc1I. The highest BCUT2D eigenvalue weighted by Gasteiger charge is 2.19. The number of aromatic nitrogens is 1. The van der Waals surface area contributed by atoms with E-state index in [1.54, 1.807) is 22.6 Å². The maximum Gasteiger partial charge on any atom is 0.357 e. The number of halogens is 4. The van der Waals surface area contributed by atoms with Crippen LogP contribution in [0.4, 0.5) is 8.78 Å². The van der Waals surface area contributed by atoms with Crippen molar-refractivity contribution in [1.82, 2.24) is 4.98 Å². The van der Waals surface area contributed by atoms with Crippen molar-refractivity contribution >= 4 is 44.5 Å². The van der Waals surface area contributed by atoms with Gasteiger partial charge in [0.2, 0.25) is 0 Å². The van der Waals surface area contributed by atoms with Gasteiger partial charge >= 0.3 is 5.97 Å². The number of methoxy groups -OCH3 is 1. The van der Waals surface area contributed by atoms with E-state index < -0.39 is 12.4 Å². The summed E-state index contributed by atoms with van der Waals surface area (Å²) in [6, 6.07) is 1.20. The number of pyridine rings is 1. The summed E-state index contributed by atoms with van der Waals surface area (Å²) in [5, 5.41) is 0. The number of rotatable bonds is 2. The molecular weight excluding hydrogens is 387 g/mol. The minimum atomic E-state index is -2.63. The molecule has 1 aromatic rings. The molecule has 1 aromatic heterocycles. The predicted octanol–water partition coefficient (Wildman–Crippen LogP) is 3.17. The first-order valence-corrected chi connectivity index (χ1v) is 5.57. The summed E-state index contributed by atoms with van der Waals surface area (Å²) >= 11 is 4.63. The van der Waals surface area contributed by atoms with Crippen LogP contribution in [-0.4, -0.2) is 18.1 Å². The Morgan fingerprint density at radius 2 is 2.27 bits per heavy atom. The van der Waals surface area contributed by atoms with E-state index in [0.29, 0.717) is 3.57 Å². The number of hydrogen-bond donors (Lipinski definition) is 0. The van der Waals surface area contributed by atoms with Crippen molar-refractivity contribution in [2.45, 2.75) is 6.43 Å². The molecule has 15 heavy (non-hydrogen) atoms. The quantitative estimate of drug-likeness (QED) is 0.441. The third-order valence-electron chi connectivity index (χ3n) is 1.57. The highest BCUT2D eigenvalue weighted by atomic mass is 127. The van der Waals surface area contributed by atoms with Crippen LogP contribution in [-0.2, 0) is 4.74 Å². The molecule has 0 N–H and O–H groups in total. The van der Waals surface area contributed by atoms with Gasteiger partial charge in [-0.1, -0.05) is 0 Å². The van der Waals surface area contributed by atoms with Gasteiger partial charge in [-0.15, -0.1) is 0 Å². The summed E-state index contributed by atoms with van der Waals surface area (Å²) in [4.78, 5) is 14.9. The fraction of sp³-hybridized carbons (Fsp3) is 0.250. The third kappa shape index (κ3) is 2.83. The summed E-state index contributed by atoms with van der Waals surface area (Å²) in [5.74, 6) is -0.652. The zero-order valence-electron chi connectivity index (χ0n) is 7.43. The molecule has 0 aliphatic heterocycles. The van der Waals surface area contributed by atoms with Gasteiger partial charge in [0.15, 0.2) is 5.69 Å². The van der Waals surface area contributed by atoms with Gasteiger partial charge in [0, 0.05) is 3.57 Å². The Balaban J connectivity index is 3.25. The van der Waals surface area contributed by atoms with Crippen LogP contribution < -0.4 is 0 Å². The second kappa shape index (κ2) is 5.15. The summed E-state index contributed by atoms with van der Waals surface area (Å²) in [5.41, 5.74) is -0.221. The lowest BCUT2D eigenvalue weighted by Crippen LogP contribution is -2.08. The molecular formula is C8H5BrF2INO2. The zero-order valence-corrected chi connectivity index (χ0v) is 11.2. The molecule has 82 valence electrons. The second-order valence-electron chi connectivity index (χ2n) is 2.49. The van der Waals surface area contributed by atoms with Gasteiger partial charge in [-0.05, 0) is 44.6 Å². The van der Waals surface area contributed by atoms with Crippen molar-refractivity contribution in [1.29, 1.82) is 0 Å². The summed E-state index contributed by atoms with van der Waals surface area (Å²) in [6.07, 6.45) is -2.63. The van der Waals surface area contributed by atoms with Gasteiger partial charge < -0.3 is 4.74 Å². The number of hydrogen-bond acceptors (Lipinski definition) is 3. The minimum Gasteiger partial charge on any atom is -0.464 e. The van der Waals surface area contributed by atoms with Crippen LogP contribution in [0.15, 0.2) is 10.7 Å². The average Bonchev–Trinajstić information content (AvgIpc) is 2.19. The molecule has 0 atom stereocenters. The molecule has 7 heteroatoms. The normalized spacial score (nSPS) is 10.5. The predicted molar refractivity (Wildman–Crippen MR) is 61.0 cm³/mol. The molecule has 1 rings (SSSR count). The highest BCUT2D eigenvalue weighted by molar-refractivity contribution is 14.1. The molecule has 0 fully saturated rings. The molecule has 0 unspecified atom stereocenters. The van der Waals surface area contributed by atoms with Gasteiger partial charge in [0.25, 0.3) is 6.43 Å². The Hall–Kier alpha value is -0.310. The first kappa shape index (κ1) is 12.8. The third-order valence-corrected chi connectivity index (χ3v) is 3.03. The Kier molecular flexibility index (Phi) is 4.38. The summed E-state index contributed by atoms with van der Waals surface area (Å²) < 4.78 is 29.6. The van der Waals surface area contributed by atoms with Crippen molar-refractivity contribution in [2.24, 2.45) is 0 Å². The fourth-order valence-corrected chi connectivity index (χ4v) is 2.01. The van der Waals surface area contributed by atoms with Crippen molar-refractivity contribution in [3.8, 4) is 0 Å². The standard InChI is InChI=1S/C8H5BrF2INO2/c1-15-8(14)5-4(12)2-3(7(10)11)6(9)13-5/h2,7H,1H3. The average molecular weight is 392 g/mol. The first-order valence-electron chi connectivity index (χ1n) is 3.69. The molecule has 0 aliphatic carbocycles. The Morgan fingerprint density at radius 3 is 2.73 bits per heavy atom. The van der Waals surface area contributed by atoms with Gasteiger partial charge in [0.05, 0.1) is 12.7 Å². The number of nitrogens with zero attached hydrogens (tertiary/aromatic N) is 1. The summed E-state index contributed by atoms with van der Waals surface area (Å²) in [7, 11) is 1.20. The van der Waals surface area contributed by atoms with Crippen molar-refractivity contribution < 1.29 is 18.3 Å². The Morgan fingerprint density at radius 1 is 1.67 bits per heavy atom. The van der Waals surface area contributed by atoms with Crippen LogP contribution in [0.1, 0.15) is 22.5 Å². The lowest BCUT2D eigenvalue weighted by molar-refractivity contribution is 0.0591. The van der Waals surface area contributed by atoms with E-state index in [2.05, 4.69) is 25.7 Å². The molecule has 1 heterocycles. The van der Waals surface area contributed by atoms with Crippen LogP contribution in [0.25, 0.3) is 0 Å². The molecule has 0 aliphatic rings. The Labute approximate surface area is 106 Å². The van der Waals surface area contributed by atoms with Crippen molar-refractivity contribution in [2.75, 3.05) is 7.11 Å². The largest absolute Gasteiger partial charge is 0.464 e. The molecule has 0 aromatic carbocycles. The molecule has 0 radical (unpaired) electrons. The molecule has 0 saturated carbocycles. The molecule has 0 bridgehead atoms. The summed E-state index contributed by atoms with van der Waals surface area (Å²) in [6.45, 7) is 0. The molecule has 3 nitrogen and oxygen atoms in total. The van der Waals surface area contributed by atoms with Crippen LogP contribution in [0.3, 0.4) is 0 Å². The van der Waals surface area contributed by atoms with Gasteiger partial charge in [-0.25, -0.2) is 18.6 Å². The van der Waals surface area contributed by atoms with Gasteiger partial charge in [-0.3, -0.25) is 0 Å². The topological polar surface area (TPSA) is 39.2 Å². The number of carbonyl (C=O) groups excluding carboxylic acids is 1. The highest BCUT2D eigenvalue weighted by Crippen LogP contribution is 2.28. The number of ether oxygens (including phenoxy) is 1. The smallest absolute Gasteiger partial charge is 0.357 e. The fourth-order valence-electron chi connectivity index (χ4n) is 0.873. The molecule has 0 saturated heterocycles. The lowest BCUT2D eigenvalue weighted by atomic mass is 10.2. The van der Waals surface area contributed by atoms with E-state index in [-0.39, 0.29) is 15.9 Å². The molecule has 0 spiro atoms. The van der Waals surface area contributed by atoms with E-state index in [9.17, 15) is 13.6 Å². The maximum atomic E-state index is 12.4. The van der Waals surface area contributed by atoms with E-state index in [1.165, 1.54) is 13.2 Å². The van der Waals surface area contributed by atoms with E-state index in [4.69, 9.17) is 0 Å². The van der Waals surface area contributed by atoms with Gasteiger partial charge in [-0.2, -0.15) is 0 Å². The maximum absolute atomic E-state index is 12.4. The minimum absolute atomic E-state index is 0.0226. The second-order valence-corrected chi connectivity index (χ2v) is 4.40. The lowest BCUT2D eigenvalue weighted by Gasteiger charge is -2.06. The monoisotopic (exact) mass is 391 g/mol. The van der Waals surface area contributed by atoms with E-state index in [1.807, 2.05) is 0 Å². The van der Waals surface area contributed by atoms with Crippen LogP contribution in [0.5, 0.6) is 0 Å². The van der Waals surface area contributed by atoms with Crippen molar-refractivity contribution in [3.05, 3.63) is 25.5 Å². The van der Waals surface area contributed by atoms with Crippen molar-refractivity contribution in [3.63, 3.8) is 0 Å². The van der Waals surface area contributed by atoms with E-state index >= 15 is 0 Å². The number of alkyl halides is 2. The first-order chi connectivity index (χ1) is 6.97.